The highest BCUT2D eigenvalue weighted by Gasteiger charge is 2.27. The Hall–Kier alpha value is -2.16. The standard InChI is InChI=1S/C16H16N2O/c19-16(14-4-2-1-3-5-14)18-11-8-15(12-18)13-6-9-17-10-7-13/h1-7,9-10,15H,8,11-12H2. The smallest absolute Gasteiger partial charge is 0.253 e. The second kappa shape index (κ2) is 5.22. The van der Waals surface area contributed by atoms with Crippen LogP contribution < -0.4 is 0 Å². The van der Waals surface area contributed by atoms with Crippen molar-refractivity contribution in [3.8, 4) is 0 Å². The molecule has 1 aromatic carbocycles. The van der Waals surface area contributed by atoms with E-state index in [9.17, 15) is 4.79 Å². The van der Waals surface area contributed by atoms with Crippen LogP contribution in [0.1, 0.15) is 28.3 Å². The molecule has 0 spiro atoms. The van der Waals surface area contributed by atoms with Crippen LogP contribution in [-0.4, -0.2) is 28.9 Å². The molecule has 0 saturated carbocycles. The van der Waals surface area contributed by atoms with Crippen LogP contribution in [0.2, 0.25) is 0 Å². The van der Waals surface area contributed by atoms with Gasteiger partial charge in [-0.05, 0) is 36.2 Å². The van der Waals surface area contributed by atoms with E-state index in [-0.39, 0.29) is 5.91 Å². The predicted molar refractivity (Wildman–Crippen MR) is 73.9 cm³/mol. The van der Waals surface area contributed by atoms with Gasteiger partial charge in [0.1, 0.15) is 0 Å². The summed E-state index contributed by atoms with van der Waals surface area (Å²) >= 11 is 0. The zero-order valence-corrected chi connectivity index (χ0v) is 10.7. The minimum atomic E-state index is 0.136. The molecule has 0 aliphatic carbocycles. The van der Waals surface area contributed by atoms with Crippen molar-refractivity contribution in [2.75, 3.05) is 13.1 Å². The molecule has 1 atom stereocenters. The largest absolute Gasteiger partial charge is 0.338 e. The van der Waals surface area contributed by atoms with E-state index < -0.39 is 0 Å². The van der Waals surface area contributed by atoms with Gasteiger partial charge in [0.15, 0.2) is 0 Å². The van der Waals surface area contributed by atoms with E-state index in [4.69, 9.17) is 0 Å². The molecule has 1 aliphatic heterocycles. The number of benzene rings is 1. The van der Waals surface area contributed by atoms with E-state index in [1.807, 2.05) is 59.8 Å². The van der Waals surface area contributed by atoms with Gasteiger partial charge in [-0.2, -0.15) is 0 Å². The van der Waals surface area contributed by atoms with Crippen molar-refractivity contribution in [2.45, 2.75) is 12.3 Å². The number of nitrogens with zero attached hydrogens (tertiary/aromatic N) is 2. The van der Waals surface area contributed by atoms with E-state index >= 15 is 0 Å². The van der Waals surface area contributed by atoms with Crippen molar-refractivity contribution in [3.63, 3.8) is 0 Å². The molecule has 3 rings (SSSR count). The highest BCUT2D eigenvalue weighted by Crippen LogP contribution is 2.27. The fourth-order valence-corrected chi connectivity index (χ4v) is 2.62. The van der Waals surface area contributed by atoms with Crippen LogP contribution in [0, 0.1) is 0 Å². The maximum absolute atomic E-state index is 12.3. The average molecular weight is 252 g/mol. The topological polar surface area (TPSA) is 33.2 Å². The molecule has 1 aliphatic rings. The highest BCUT2D eigenvalue weighted by atomic mass is 16.2. The summed E-state index contributed by atoms with van der Waals surface area (Å²) in [6.07, 6.45) is 4.66. The van der Waals surface area contributed by atoms with Crippen LogP contribution >= 0.6 is 0 Å². The predicted octanol–water partition coefficient (Wildman–Crippen LogP) is 2.71. The zero-order chi connectivity index (χ0) is 13.1. The van der Waals surface area contributed by atoms with Gasteiger partial charge in [0, 0.05) is 37.0 Å². The van der Waals surface area contributed by atoms with Crippen molar-refractivity contribution in [2.24, 2.45) is 0 Å². The fraction of sp³-hybridized carbons (Fsp3) is 0.250. The first-order chi connectivity index (χ1) is 9.34. The minimum Gasteiger partial charge on any atom is -0.338 e. The highest BCUT2D eigenvalue weighted by molar-refractivity contribution is 5.94. The SMILES string of the molecule is O=C(c1ccccc1)N1CCC(c2ccncc2)C1. The first-order valence-corrected chi connectivity index (χ1v) is 6.59. The van der Waals surface area contributed by atoms with Crippen molar-refractivity contribution in [1.29, 1.82) is 0 Å². The number of likely N-dealkylation sites (tertiary alicyclic amines) is 1. The molecular formula is C16H16N2O. The summed E-state index contributed by atoms with van der Waals surface area (Å²) < 4.78 is 0. The Kier molecular flexibility index (Phi) is 3.27. The third kappa shape index (κ3) is 2.50. The molecule has 96 valence electrons. The molecule has 3 nitrogen and oxygen atoms in total. The normalized spacial score (nSPS) is 18.5. The van der Waals surface area contributed by atoms with Gasteiger partial charge in [-0.1, -0.05) is 18.2 Å². The van der Waals surface area contributed by atoms with Crippen LogP contribution in [-0.2, 0) is 0 Å². The molecule has 1 amide bonds. The summed E-state index contributed by atoms with van der Waals surface area (Å²) in [5.41, 5.74) is 2.05. The van der Waals surface area contributed by atoms with Crippen molar-refractivity contribution in [1.82, 2.24) is 9.88 Å². The Balaban J connectivity index is 1.71. The minimum absolute atomic E-state index is 0.136. The number of pyridine rings is 1. The fourth-order valence-electron chi connectivity index (χ4n) is 2.62. The van der Waals surface area contributed by atoms with Gasteiger partial charge in [0.2, 0.25) is 0 Å². The van der Waals surface area contributed by atoms with Crippen molar-refractivity contribution >= 4 is 5.91 Å². The molecule has 0 N–H and O–H groups in total. The van der Waals surface area contributed by atoms with Gasteiger partial charge in [0.05, 0.1) is 0 Å². The Bertz CT molecular complexity index is 553. The number of carbonyl (C=O) groups excluding carboxylic acids is 1. The van der Waals surface area contributed by atoms with Gasteiger partial charge in [-0.25, -0.2) is 0 Å². The van der Waals surface area contributed by atoms with E-state index in [1.54, 1.807) is 0 Å². The monoisotopic (exact) mass is 252 g/mol. The lowest BCUT2D eigenvalue weighted by Crippen LogP contribution is -2.28. The maximum atomic E-state index is 12.3. The molecule has 3 heteroatoms. The molecule has 0 bridgehead atoms. The molecular weight excluding hydrogens is 236 g/mol. The van der Waals surface area contributed by atoms with E-state index in [0.717, 1.165) is 25.1 Å². The lowest BCUT2D eigenvalue weighted by molar-refractivity contribution is 0.0791. The summed E-state index contributed by atoms with van der Waals surface area (Å²) in [5, 5.41) is 0. The second-order valence-corrected chi connectivity index (χ2v) is 4.88. The Morgan fingerprint density at radius 3 is 2.58 bits per heavy atom. The Morgan fingerprint density at radius 2 is 1.84 bits per heavy atom. The van der Waals surface area contributed by atoms with Crippen LogP contribution in [0.25, 0.3) is 0 Å². The summed E-state index contributed by atoms with van der Waals surface area (Å²) in [6, 6.07) is 13.6. The van der Waals surface area contributed by atoms with Gasteiger partial charge < -0.3 is 4.90 Å². The van der Waals surface area contributed by atoms with Gasteiger partial charge in [-0.15, -0.1) is 0 Å². The number of hydrogen-bond acceptors (Lipinski definition) is 2. The first kappa shape index (κ1) is 11.9. The molecule has 2 heterocycles. The van der Waals surface area contributed by atoms with Crippen molar-refractivity contribution < 1.29 is 4.79 Å². The Labute approximate surface area is 112 Å². The van der Waals surface area contributed by atoms with Crippen molar-refractivity contribution in [3.05, 3.63) is 66.0 Å². The lowest BCUT2D eigenvalue weighted by Gasteiger charge is -2.16. The van der Waals surface area contributed by atoms with Crippen LogP contribution in [0.4, 0.5) is 0 Å². The van der Waals surface area contributed by atoms with Gasteiger partial charge >= 0.3 is 0 Å². The third-order valence-electron chi connectivity index (χ3n) is 3.67. The number of carbonyl (C=O) groups is 1. The molecule has 1 fully saturated rings. The third-order valence-corrected chi connectivity index (χ3v) is 3.67. The van der Waals surface area contributed by atoms with Crippen LogP contribution in [0.3, 0.4) is 0 Å². The molecule has 1 saturated heterocycles. The van der Waals surface area contributed by atoms with Crippen LogP contribution in [0.5, 0.6) is 0 Å². The second-order valence-electron chi connectivity index (χ2n) is 4.88. The maximum Gasteiger partial charge on any atom is 0.253 e. The zero-order valence-electron chi connectivity index (χ0n) is 10.7. The quantitative estimate of drug-likeness (QED) is 0.823. The van der Waals surface area contributed by atoms with Gasteiger partial charge in [0.25, 0.3) is 5.91 Å². The number of rotatable bonds is 2. The van der Waals surface area contributed by atoms with E-state index in [1.165, 1.54) is 5.56 Å². The summed E-state index contributed by atoms with van der Waals surface area (Å²) in [7, 11) is 0. The first-order valence-electron chi connectivity index (χ1n) is 6.59. The molecule has 1 unspecified atom stereocenters. The van der Waals surface area contributed by atoms with E-state index in [2.05, 4.69) is 4.98 Å². The average Bonchev–Trinajstić information content (AvgIpc) is 2.98. The molecule has 19 heavy (non-hydrogen) atoms. The van der Waals surface area contributed by atoms with Crippen LogP contribution in [0.15, 0.2) is 54.9 Å². The Morgan fingerprint density at radius 1 is 1.11 bits per heavy atom. The van der Waals surface area contributed by atoms with Gasteiger partial charge in [-0.3, -0.25) is 9.78 Å². The molecule has 1 aromatic heterocycles. The molecule has 2 aromatic rings. The number of amides is 1. The number of hydrogen-bond donors (Lipinski definition) is 0. The summed E-state index contributed by atoms with van der Waals surface area (Å²) in [5.74, 6) is 0.577. The summed E-state index contributed by atoms with van der Waals surface area (Å²) in [6.45, 7) is 1.64. The number of aromatic nitrogens is 1. The van der Waals surface area contributed by atoms with E-state index in [0.29, 0.717) is 5.92 Å². The summed E-state index contributed by atoms with van der Waals surface area (Å²) in [4.78, 5) is 18.3. The molecule has 0 radical (unpaired) electrons. The lowest BCUT2D eigenvalue weighted by atomic mass is 10.00.